The van der Waals surface area contributed by atoms with Crippen LogP contribution in [0.1, 0.15) is 22.1 Å². The molecule has 0 aliphatic heterocycles. The number of benzene rings is 1. The third-order valence-corrected chi connectivity index (χ3v) is 4.71. The second-order valence-electron chi connectivity index (χ2n) is 5.72. The van der Waals surface area contributed by atoms with Crippen LogP contribution in [0, 0.1) is 0 Å². The summed E-state index contributed by atoms with van der Waals surface area (Å²) in [5.74, 6) is 0.0836. The molecule has 0 aliphatic rings. The van der Waals surface area contributed by atoms with E-state index in [1.165, 1.54) is 12.5 Å². The predicted molar refractivity (Wildman–Crippen MR) is 94.8 cm³/mol. The van der Waals surface area contributed by atoms with Gasteiger partial charge in [0.1, 0.15) is 10.6 Å². The molecule has 1 aromatic heterocycles. The fourth-order valence-corrected chi connectivity index (χ4v) is 3.04. The number of aliphatic hydroxyl groups is 1. The molecule has 1 aromatic carbocycles. The van der Waals surface area contributed by atoms with Gasteiger partial charge in [-0.3, -0.25) is 0 Å². The molecule has 0 saturated heterocycles. The maximum atomic E-state index is 12.6. The highest BCUT2D eigenvalue weighted by Gasteiger charge is 2.32. The van der Waals surface area contributed by atoms with Crippen molar-refractivity contribution in [1.29, 1.82) is 0 Å². The maximum Gasteiger partial charge on any atom is 0.425 e. The van der Waals surface area contributed by atoms with Crippen LogP contribution in [0.5, 0.6) is 5.75 Å². The molecule has 0 spiro atoms. The van der Waals surface area contributed by atoms with Crippen LogP contribution in [0.3, 0.4) is 0 Å². The third kappa shape index (κ3) is 6.85. The number of hydrogen-bond donors (Lipinski definition) is 2. The molecule has 2 aromatic rings. The number of hydrogen-bond acceptors (Lipinski definition) is 6. The molecular weight excluding hydrogens is 383 g/mol. The van der Waals surface area contributed by atoms with E-state index < -0.39 is 23.1 Å². The Hall–Kier alpha value is -2.10. The van der Waals surface area contributed by atoms with Crippen molar-refractivity contribution in [2.45, 2.75) is 18.7 Å². The average Bonchev–Trinajstić information content (AvgIpc) is 3.14. The van der Waals surface area contributed by atoms with Crippen LogP contribution in [-0.4, -0.2) is 37.9 Å². The number of aliphatic hydroxyl groups excluding tert-OH is 1. The van der Waals surface area contributed by atoms with Crippen molar-refractivity contribution >= 4 is 17.3 Å². The van der Waals surface area contributed by atoms with E-state index >= 15 is 0 Å². The zero-order valence-electron chi connectivity index (χ0n) is 14.6. The number of alkyl halides is 3. The monoisotopic (exact) mass is 403 g/mol. The van der Waals surface area contributed by atoms with Gasteiger partial charge in [0.25, 0.3) is 0 Å². The number of carbonyl (C=O) groups is 1. The minimum atomic E-state index is -4.39. The van der Waals surface area contributed by atoms with Crippen molar-refractivity contribution in [2.75, 3.05) is 26.8 Å². The van der Waals surface area contributed by atoms with Gasteiger partial charge in [-0.1, -0.05) is 12.1 Å². The average molecular weight is 403 g/mol. The summed E-state index contributed by atoms with van der Waals surface area (Å²) >= 11 is 0.576. The first-order valence-electron chi connectivity index (χ1n) is 8.12. The number of thiophene rings is 1. The summed E-state index contributed by atoms with van der Waals surface area (Å²) in [6.45, 7) is 0.554. The van der Waals surface area contributed by atoms with E-state index in [2.05, 4.69) is 10.1 Å². The summed E-state index contributed by atoms with van der Waals surface area (Å²) in [7, 11) is 1.28. The van der Waals surface area contributed by atoms with Crippen LogP contribution in [0.15, 0.2) is 35.7 Å². The second kappa shape index (κ2) is 9.72. The molecule has 1 unspecified atom stereocenters. The quantitative estimate of drug-likeness (QED) is 0.497. The predicted octanol–water partition coefficient (Wildman–Crippen LogP) is 3.18. The lowest BCUT2D eigenvalue weighted by Crippen LogP contribution is -2.23. The van der Waals surface area contributed by atoms with Crippen molar-refractivity contribution in [1.82, 2.24) is 5.32 Å². The van der Waals surface area contributed by atoms with E-state index in [0.29, 0.717) is 30.1 Å². The molecule has 0 radical (unpaired) electrons. The van der Waals surface area contributed by atoms with Crippen molar-refractivity contribution in [3.63, 3.8) is 0 Å². The van der Waals surface area contributed by atoms with Crippen LogP contribution >= 0.6 is 11.3 Å². The van der Waals surface area contributed by atoms with Crippen molar-refractivity contribution in [2.24, 2.45) is 0 Å². The molecule has 27 heavy (non-hydrogen) atoms. The van der Waals surface area contributed by atoms with Crippen molar-refractivity contribution in [3.05, 3.63) is 51.7 Å². The molecule has 0 saturated carbocycles. The largest absolute Gasteiger partial charge is 0.482 e. The Morgan fingerprint density at radius 2 is 2.00 bits per heavy atom. The van der Waals surface area contributed by atoms with E-state index in [0.717, 1.165) is 11.6 Å². The summed E-state index contributed by atoms with van der Waals surface area (Å²) in [5.41, 5.74) is 1.27. The fourth-order valence-electron chi connectivity index (χ4n) is 2.22. The first-order chi connectivity index (χ1) is 12.8. The van der Waals surface area contributed by atoms with E-state index in [-0.39, 0.29) is 18.7 Å². The molecular formula is C18H20F3NO4S. The zero-order valence-corrected chi connectivity index (χ0v) is 15.4. The molecule has 148 valence electrons. The molecule has 2 rings (SSSR count). The number of ether oxygens (including phenoxy) is 2. The molecule has 0 aliphatic carbocycles. The molecule has 1 heterocycles. The number of methoxy groups -OCH3 is 1. The first-order valence-corrected chi connectivity index (χ1v) is 9.00. The second-order valence-corrected chi connectivity index (χ2v) is 6.63. The van der Waals surface area contributed by atoms with Gasteiger partial charge in [0.15, 0.2) is 6.61 Å². The topological polar surface area (TPSA) is 67.8 Å². The van der Waals surface area contributed by atoms with Gasteiger partial charge in [0.05, 0.1) is 13.2 Å². The van der Waals surface area contributed by atoms with Gasteiger partial charge in [-0.25, -0.2) is 4.79 Å². The lowest BCUT2D eigenvalue weighted by Gasteiger charge is -2.11. The Bertz CT molecular complexity index is 731. The van der Waals surface area contributed by atoms with Gasteiger partial charge < -0.3 is 19.9 Å². The minimum Gasteiger partial charge on any atom is -0.482 e. The first kappa shape index (κ1) is 21.2. The van der Waals surface area contributed by atoms with Gasteiger partial charge >= 0.3 is 12.1 Å². The van der Waals surface area contributed by atoms with Gasteiger partial charge in [-0.2, -0.15) is 13.2 Å². The Morgan fingerprint density at radius 1 is 1.30 bits per heavy atom. The lowest BCUT2D eigenvalue weighted by molar-refractivity contribution is -0.143. The van der Waals surface area contributed by atoms with Crippen molar-refractivity contribution in [3.8, 4) is 5.75 Å². The number of esters is 1. The molecule has 0 amide bonds. The standard InChI is InChI=1S/C18H20F3NO4S/c1-25-17(24)10-26-14-4-2-12(3-5-14)6-7-22-9-15(23)13-8-16(27-11-13)18(19,20)21/h2-5,8,11,15,22-23H,6-7,9-10H2,1H3. The Kier molecular flexibility index (Phi) is 7.64. The molecule has 1 atom stereocenters. The van der Waals surface area contributed by atoms with E-state index in [9.17, 15) is 23.1 Å². The zero-order chi connectivity index (χ0) is 19.9. The van der Waals surface area contributed by atoms with Gasteiger partial charge in [-0.15, -0.1) is 11.3 Å². The summed E-state index contributed by atoms with van der Waals surface area (Å²) in [6, 6.07) is 8.14. The van der Waals surface area contributed by atoms with E-state index in [1.54, 1.807) is 12.1 Å². The van der Waals surface area contributed by atoms with Crippen LogP contribution < -0.4 is 10.1 Å². The van der Waals surface area contributed by atoms with Crippen LogP contribution in [-0.2, 0) is 22.1 Å². The number of carbonyl (C=O) groups excluding carboxylic acids is 1. The summed E-state index contributed by atoms with van der Waals surface area (Å²) < 4.78 is 47.4. The van der Waals surface area contributed by atoms with Gasteiger partial charge in [0.2, 0.25) is 0 Å². The van der Waals surface area contributed by atoms with Crippen LogP contribution in [0.2, 0.25) is 0 Å². The molecule has 9 heteroatoms. The van der Waals surface area contributed by atoms with Crippen LogP contribution in [0.25, 0.3) is 0 Å². The van der Waals surface area contributed by atoms with E-state index in [1.807, 2.05) is 12.1 Å². The molecule has 5 nitrogen and oxygen atoms in total. The normalized spacial score (nSPS) is 12.6. The summed E-state index contributed by atoms with van der Waals surface area (Å²) in [4.78, 5) is 10.3. The number of rotatable bonds is 9. The van der Waals surface area contributed by atoms with Gasteiger partial charge in [-0.05, 0) is 47.7 Å². The maximum absolute atomic E-state index is 12.6. The highest BCUT2D eigenvalue weighted by Crippen LogP contribution is 2.35. The Balaban J connectivity index is 1.71. The highest BCUT2D eigenvalue weighted by molar-refractivity contribution is 7.10. The minimum absolute atomic E-state index is 0.159. The summed E-state index contributed by atoms with van der Waals surface area (Å²) in [5, 5.41) is 14.3. The molecule has 2 N–H and O–H groups in total. The molecule has 0 bridgehead atoms. The third-order valence-electron chi connectivity index (χ3n) is 3.72. The van der Waals surface area contributed by atoms with Crippen LogP contribution in [0.4, 0.5) is 13.2 Å². The number of halogens is 3. The summed E-state index contributed by atoms with van der Waals surface area (Å²) in [6.07, 6.45) is -4.71. The smallest absolute Gasteiger partial charge is 0.425 e. The Labute approximate surface area is 158 Å². The fraction of sp³-hybridized carbons (Fsp3) is 0.389. The van der Waals surface area contributed by atoms with Crippen molar-refractivity contribution < 1.29 is 32.5 Å². The van der Waals surface area contributed by atoms with E-state index in [4.69, 9.17) is 4.74 Å². The highest BCUT2D eigenvalue weighted by atomic mass is 32.1. The number of nitrogens with one attached hydrogen (secondary N) is 1. The SMILES string of the molecule is COC(=O)COc1ccc(CCNCC(O)c2csc(C(F)(F)F)c2)cc1. The molecule has 0 fully saturated rings. The lowest BCUT2D eigenvalue weighted by atomic mass is 10.1. The van der Waals surface area contributed by atoms with Gasteiger partial charge in [0, 0.05) is 6.54 Å². The Morgan fingerprint density at radius 3 is 2.59 bits per heavy atom.